The van der Waals surface area contributed by atoms with Gasteiger partial charge in [-0.2, -0.15) is 0 Å². The first-order valence-electron chi connectivity index (χ1n) is 12.3. The summed E-state index contributed by atoms with van der Waals surface area (Å²) in [6.45, 7) is 9.56. The third-order valence-corrected chi connectivity index (χ3v) is 6.37. The maximum atomic E-state index is 12.4. The molecule has 0 radical (unpaired) electrons. The van der Waals surface area contributed by atoms with Crippen LogP contribution in [0.15, 0.2) is 66.8 Å². The van der Waals surface area contributed by atoms with E-state index in [0.717, 1.165) is 42.4 Å². The van der Waals surface area contributed by atoms with Crippen LogP contribution in [-0.2, 0) is 14.3 Å². The van der Waals surface area contributed by atoms with Crippen molar-refractivity contribution in [3.8, 4) is 22.6 Å². The van der Waals surface area contributed by atoms with Crippen LogP contribution in [0.4, 0.5) is 0 Å². The molecule has 35 heavy (non-hydrogen) atoms. The highest BCUT2D eigenvalue weighted by atomic mass is 16.5. The van der Waals surface area contributed by atoms with Crippen LogP contribution in [0, 0.1) is 11.8 Å². The highest BCUT2D eigenvalue weighted by Gasteiger charge is 2.25. The standard InChI is InChI=1S/C30H36O5/c1-6-7-22-8-10-24(11-9-22)27-18-25(14-17-28(27)35-29(31)20(2)3)23-12-15-26(16-13-23)34-30(32)21(4)19-33-5/h6-7,12-18,20,22,24H,4,8-11,19H2,1-3,5H3/b7-6+. The Hall–Kier alpha value is -3.18. The molecule has 0 unspecified atom stereocenters. The summed E-state index contributed by atoms with van der Waals surface area (Å²) in [6.07, 6.45) is 8.81. The van der Waals surface area contributed by atoms with Crippen molar-refractivity contribution in [3.63, 3.8) is 0 Å². The lowest BCUT2D eigenvalue weighted by molar-refractivity contribution is -0.137. The van der Waals surface area contributed by atoms with Gasteiger partial charge < -0.3 is 14.2 Å². The van der Waals surface area contributed by atoms with Crippen molar-refractivity contribution < 1.29 is 23.8 Å². The van der Waals surface area contributed by atoms with Crippen molar-refractivity contribution in [2.24, 2.45) is 11.8 Å². The topological polar surface area (TPSA) is 61.8 Å². The molecule has 186 valence electrons. The van der Waals surface area contributed by atoms with Crippen molar-refractivity contribution in [1.29, 1.82) is 0 Å². The predicted molar refractivity (Wildman–Crippen MR) is 139 cm³/mol. The molecule has 5 heteroatoms. The molecule has 1 aliphatic carbocycles. The van der Waals surface area contributed by atoms with Crippen molar-refractivity contribution in [3.05, 3.63) is 72.3 Å². The second-order valence-electron chi connectivity index (χ2n) is 9.42. The van der Waals surface area contributed by atoms with Crippen LogP contribution in [0.1, 0.15) is 57.9 Å². The number of carbonyl (C=O) groups excluding carboxylic acids is 2. The van der Waals surface area contributed by atoms with E-state index in [1.165, 1.54) is 7.11 Å². The van der Waals surface area contributed by atoms with E-state index in [2.05, 4.69) is 31.7 Å². The van der Waals surface area contributed by atoms with Crippen LogP contribution in [-0.4, -0.2) is 25.7 Å². The smallest absolute Gasteiger partial charge is 0.341 e. The molecule has 2 aromatic rings. The van der Waals surface area contributed by atoms with Crippen LogP contribution in [0.2, 0.25) is 0 Å². The Balaban J connectivity index is 1.83. The monoisotopic (exact) mass is 476 g/mol. The first-order chi connectivity index (χ1) is 16.8. The van der Waals surface area contributed by atoms with Crippen molar-refractivity contribution >= 4 is 11.9 Å². The average Bonchev–Trinajstić information content (AvgIpc) is 2.85. The molecule has 1 fully saturated rings. The number of benzene rings is 2. The molecule has 1 aliphatic rings. The first-order valence-corrected chi connectivity index (χ1v) is 12.3. The number of hydrogen-bond donors (Lipinski definition) is 0. The van der Waals surface area contributed by atoms with E-state index in [1.54, 1.807) is 12.1 Å². The zero-order valence-corrected chi connectivity index (χ0v) is 21.2. The van der Waals surface area contributed by atoms with Gasteiger partial charge in [-0.3, -0.25) is 4.79 Å². The highest BCUT2D eigenvalue weighted by Crippen LogP contribution is 2.42. The minimum atomic E-state index is -0.508. The molecule has 1 saturated carbocycles. The summed E-state index contributed by atoms with van der Waals surface area (Å²) < 4.78 is 16.1. The lowest BCUT2D eigenvalue weighted by Gasteiger charge is -2.28. The number of carbonyl (C=O) groups is 2. The van der Waals surface area contributed by atoms with Crippen molar-refractivity contribution in [1.82, 2.24) is 0 Å². The van der Waals surface area contributed by atoms with Gasteiger partial charge in [0.25, 0.3) is 0 Å². The van der Waals surface area contributed by atoms with Crippen LogP contribution >= 0.6 is 0 Å². The van der Waals surface area contributed by atoms with Gasteiger partial charge in [-0.05, 0) is 85.4 Å². The molecular formula is C30H36O5. The number of ether oxygens (including phenoxy) is 3. The molecule has 5 nitrogen and oxygen atoms in total. The second kappa shape index (κ2) is 12.5. The van der Waals surface area contributed by atoms with Crippen LogP contribution in [0.3, 0.4) is 0 Å². The minimum Gasteiger partial charge on any atom is -0.426 e. The number of methoxy groups -OCH3 is 1. The number of esters is 2. The van der Waals surface area contributed by atoms with E-state index in [1.807, 2.05) is 38.1 Å². The van der Waals surface area contributed by atoms with Crippen LogP contribution < -0.4 is 9.47 Å². The molecule has 0 amide bonds. The third-order valence-electron chi connectivity index (χ3n) is 6.37. The van der Waals surface area contributed by atoms with Gasteiger partial charge >= 0.3 is 11.9 Å². The fraction of sp³-hybridized carbons (Fsp3) is 0.400. The van der Waals surface area contributed by atoms with Gasteiger partial charge in [0.05, 0.1) is 18.1 Å². The quantitative estimate of drug-likeness (QED) is 0.171. The molecule has 0 spiro atoms. The zero-order chi connectivity index (χ0) is 25.4. The van der Waals surface area contributed by atoms with Gasteiger partial charge in [-0.1, -0.05) is 50.8 Å². The zero-order valence-electron chi connectivity index (χ0n) is 21.2. The fourth-order valence-electron chi connectivity index (χ4n) is 4.39. The minimum absolute atomic E-state index is 0.129. The Morgan fingerprint density at radius 3 is 2.26 bits per heavy atom. The van der Waals surface area contributed by atoms with Gasteiger partial charge in [0.1, 0.15) is 11.5 Å². The molecule has 0 saturated heterocycles. The number of hydrogen-bond acceptors (Lipinski definition) is 5. The van der Waals surface area contributed by atoms with E-state index in [4.69, 9.17) is 14.2 Å². The summed E-state index contributed by atoms with van der Waals surface area (Å²) in [5, 5.41) is 0. The van der Waals surface area contributed by atoms with E-state index in [0.29, 0.717) is 23.3 Å². The van der Waals surface area contributed by atoms with E-state index in [-0.39, 0.29) is 24.1 Å². The first kappa shape index (κ1) is 26.4. The third kappa shape index (κ3) is 7.15. The Morgan fingerprint density at radius 2 is 1.66 bits per heavy atom. The average molecular weight is 477 g/mol. The van der Waals surface area contributed by atoms with E-state index in [9.17, 15) is 9.59 Å². The summed E-state index contributed by atoms with van der Waals surface area (Å²) in [7, 11) is 1.50. The Kier molecular flexibility index (Phi) is 9.44. The Morgan fingerprint density at radius 1 is 1.00 bits per heavy atom. The number of allylic oxidation sites excluding steroid dienone is 2. The van der Waals surface area contributed by atoms with Gasteiger partial charge in [0, 0.05) is 7.11 Å². The van der Waals surface area contributed by atoms with E-state index < -0.39 is 5.97 Å². The molecule has 0 aliphatic heterocycles. The van der Waals surface area contributed by atoms with Gasteiger partial charge in [0.15, 0.2) is 0 Å². The van der Waals surface area contributed by atoms with Crippen LogP contribution in [0.25, 0.3) is 11.1 Å². The SMILES string of the molecule is C=C(COC)C(=O)Oc1ccc(-c2ccc(OC(=O)C(C)C)c(C3CCC(/C=C/C)CC3)c2)cc1. The Bertz CT molecular complexity index is 1060. The molecule has 0 heterocycles. The van der Waals surface area contributed by atoms with Gasteiger partial charge in [-0.15, -0.1) is 0 Å². The normalized spacial score (nSPS) is 18.0. The highest BCUT2D eigenvalue weighted by molar-refractivity contribution is 5.89. The molecule has 0 N–H and O–H groups in total. The molecule has 0 bridgehead atoms. The summed E-state index contributed by atoms with van der Waals surface area (Å²) in [6, 6.07) is 13.4. The molecular weight excluding hydrogens is 440 g/mol. The second-order valence-corrected chi connectivity index (χ2v) is 9.42. The van der Waals surface area contributed by atoms with Crippen molar-refractivity contribution in [2.75, 3.05) is 13.7 Å². The fourth-order valence-corrected chi connectivity index (χ4v) is 4.39. The largest absolute Gasteiger partial charge is 0.426 e. The number of rotatable bonds is 9. The van der Waals surface area contributed by atoms with Gasteiger partial charge in [0.2, 0.25) is 0 Å². The van der Waals surface area contributed by atoms with Crippen LogP contribution in [0.5, 0.6) is 11.5 Å². The Labute approximate surface area is 208 Å². The summed E-state index contributed by atoms with van der Waals surface area (Å²) in [5.74, 6) is 1.15. The van der Waals surface area contributed by atoms with Crippen molar-refractivity contribution in [2.45, 2.75) is 52.4 Å². The maximum Gasteiger partial charge on any atom is 0.341 e. The maximum absolute atomic E-state index is 12.4. The molecule has 3 rings (SSSR count). The summed E-state index contributed by atoms with van der Waals surface area (Å²) >= 11 is 0. The summed E-state index contributed by atoms with van der Waals surface area (Å²) in [4.78, 5) is 24.4. The molecule has 0 atom stereocenters. The predicted octanol–water partition coefficient (Wildman–Crippen LogP) is 6.87. The van der Waals surface area contributed by atoms with Gasteiger partial charge in [-0.25, -0.2) is 4.79 Å². The van der Waals surface area contributed by atoms with E-state index >= 15 is 0 Å². The lowest BCUT2D eigenvalue weighted by atomic mass is 9.78. The summed E-state index contributed by atoms with van der Waals surface area (Å²) in [5.41, 5.74) is 3.37. The molecule has 0 aromatic heterocycles. The molecule has 2 aromatic carbocycles. The lowest BCUT2D eigenvalue weighted by Crippen LogP contribution is -2.18.